The molecule has 1 heterocycles. The van der Waals surface area contributed by atoms with E-state index in [-0.39, 0.29) is 6.04 Å². The van der Waals surface area contributed by atoms with Crippen LogP contribution in [0.1, 0.15) is 6.92 Å². The van der Waals surface area contributed by atoms with Crippen LogP contribution in [0.4, 0.5) is 5.69 Å². The fourth-order valence-corrected chi connectivity index (χ4v) is 2.26. The van der Waals surface area contributed by atoms with Gasteiger partial charge in [-0.1, -0.05) is 15.9 Å². The molecule has 0 aliphatic heterocycles. The largest absolute Gasteiger partial charge is 0.358 e. The number of nitrogens with zero attached hydrogens (tertiary/aromatic N) is 2. The SMILES string of the molecule is CC(Cn1ccnc1)NC(=S)Nc1ccc(Br)cc1. The summed E-state index contributed by atoms with van der Waals surface area (Å²) in [6.45, 7) is 2.90. The summed E-state index contributed by atoms with van der Waals surface area (Å²) in [6.07, 6.45) is 5.50. The lowest BCUT2D eigenvalue weighted by Gasteiger charge is -2.17. The van der Waals surface area contributed by atoms with E-state index in [0.29, 0.717) is 5.11 Å². The average molecular weight is 339 g/mol. The van der Waals surface area contributed by atoms with Gasteiger partial charge in [-0.25, -0.2) is 4.98 Å². The Morgan fingerprint density at radius 3 is 2.79 bits per heavy atom. The highest BCUT2D eigenvalue weighted by atomic mass is 79.9. The maximum atomic E-state index is 5.28. The van der Waals surface area contributed by atoms with Crippen LogP contribution >= 0.6 is 28.1 Å². The van der Waals surface area contributed by atoms with Crippen LogP contribution in [-0.4, -0.2) is 20.7 Å². The third-order valence-electron chi connectivity index (χ3n) is 2.52. The first-order chi connectivity index (χ1) is 9.13. The fourth-order valence-electron chi connectivity index (χ4n) is 1.68. The third kappa shape index (κ3) is 4.65. The van der Waals surface area contributed by atoms with Gasteiger partial charge in [0.1, 0.15) is 0 Å². The number of thiocarbonyl (C=S) groups is 1. The lowest BCUT2D eigenvalue weighted by molar-refractivity contribution is 0.548. The normalized spacial score (nSPS) is 11.9. The Morgan fingerprint density at radius 2 is 2.16 bits per heavy atom. The molecule has 0 radical (unpaired) electrons. The number of nitrogens with one attached hydrogen (secondary N) is 2. The Bertz CT molecular complexity index is 524. The number of benzene rings is 1. The van der Waals surface area contributed by atoms with Gasteiger partial charge in [-0.2, -0.15) is 0 Å². The second-order valence-electron chi connectivity index (χ2n) is 4.27. The third-order valence-corrected chi connectivity index (χ3v) is 3.27. The van der Waals surface area contributed by atoms with E-state index in [1.165, 1.54) is 0 Å². The highest BCUT2D eigenvalue weighted by Crippen LogP contribution is 2.13. The molecule has 0 fully saturated rings. The minimum absolute atomic E-state index is 0.227. The van der Waals surface area contributed by atoms with Gasteiger partial charge in [-0.3, -0.25) is 0 Å². The topological polar surface area (TPSA) is 41.9 Å². The van der Waals surface area contributed by atoms with Crippen molar-refractivity contribution in [1.82, 2.24) is 14.9 Å². The lowest BCUT2D eigenvalue weighted by atomic mass is 10.3. The Balaban J connectivity index is 1.82. The molecule has 1 unspecified atom stereocenters. The van der Waals surface area contributed by atoms with Gasteiger partial charge < -0.3 is 15.2 Å². The molecule has 6 heteroatoms. The Labute approximate surface area is 126 Å². The summed E-state index contributed by atoms with van der Waals surface area (Å²) < 4.78 is 3.06. The number of hydrogen-bond acceptors (Lipinski definition) is 2. The van der Waals surface area contributed by atoms with E-state index in [9.17, 15) is 0 Å². The molecular formula is C13H15BrN4S. The first kappa shape index (κ1) is 14.0. The zero-order valence-electron chi connectivity index (χ0n) is 10.5. The predicted octanol–water partition coefficient (Wildman–Crippen LogP) is 3.02. The van der Waals surface area contributed by atoms with Crippen molar-refractivity contribution in [3.8, 4) is 0 Å². The van der Waals surface area contributed by atoms with Crippen LogP contribution in [0, 0.1) is 0 Å². The van der Waals surface area contributed by atoms with Gasteiger partial charge in [-0.05, 0) is 43.4 Å². The molecule has 1 atom stereocenters. The molecule has 0 spiro atoms. The number of anilines is 1. The van der Waals surface area contributed by atoms with Crippen molar-refractivity contribution in [2.75, 3.05) is 5.32 Å². The van der Waals surface area contributed by atoms with Crippen LogP contribution in [0.2, 0.25) is 0 Å². The van der Waals surface area contributed by atoms with Crippen LogP contribution in [-0.2, 0) is 6.54 Å². The molecule has 0 aliphatic rings. The minimum atomic E-state index is 0.227. The number of rotatable bonds is 4. The fraction of sp³-hybridized carbons (Fsp3) is 0.231. The van der Waals surface area contributed by atoms with Crippen molar-refractivity contribution in [3.63, 3.8) is 0 Å². The molecule has 0 saturated carbocycles. The van der Waals surface area contributed by atoms with Crippen molar-refractivity contribution in [2.45, 2.75) is 19.5 Å². The molecule has 100 valence electrons. The summed E-state index contributed by atoms with van der Waals surface area (Å²) in [7, 11) is 0. The van der Waals surface area contributed by atoms with E-state index in [1.54, 1.807) is 12.5 Å². The summed E-state index contributed by atoms with van der Waals surface area (Å²) in [4.78, 5) is 4.01. The summed E-state index contributed by atoms with van der Waals surface area (Å²) in [5.41, 5.74) is 0.968. The Hall–Kier alpha value is -1.40. The molecule has 19 heavy (non-hydrogen) atoms. The van der Waals surface area contributed by atoms with E-state index in [1.807, 2.05) is 35.0 Å². The predicted molar refractivity (Wildman–Crippen MR) is 85.2 cm³/mol. The van der Waals surface area contributed by atoms with Gasteiger partial charge in [0.2, 0.25) is 0 Å². The smallest absolute Gasteiger partial charge is 0.171 e. The maximum Gasteiger partial charge on any atom is 0.171 e. The van der Waals surface area contributed by atoms with Crippen molar-refractivity contribution in [1.29, 1.82) is 0 Å². The number of imidazole rings is 1. The Kier molecular flexibility index (Phi) is 4.93. The van der Waals surface area contributed by atoms with Gasteiger partial charge in [0.15, 0.2) is 5.11 Å². The number of halogens is 1. The molecule has 4 nitrogen and oxygen atoms in total. The molecular weight excluding hydrogens is 324 g/mol. The maximum absolute atomic E-state index is 5.28. The lowest BCUT2D eigenvalue weighted by Crippen LogP contribution is -2.38. The number of hydrogen-bond donors (Lipinski definition) is 2. The van der Waals surface area contributed by atoms with E-state index >= 15 is 0 Å². The van der Waals surface area contributed by atoms with Gasteiger partial charge in [0.05, 0.1) is 6.33 Å². The second kappa shape index (κ2) is 6.68. The van der Waals surface area contributed by atoms with Crippen molar-refractivity contribution in [2.24, 2.45) is 0 Å². The summed E-state index contributed by atoms with van der Waals surface area (Å²) >= 11 is 8.68. The quantitative estimate of drug-likeness (QED) is 0.841. The van der Waals surface area contributed by atoms with Gasteiger partial charge in [-0.15, -0.1) is 0 Å². The molecule has 1 aromatic carbocycles. The zero-order valence-corrected chi connectivity index (χ0v) is 12.9. The molecule has 2 rings (SSSR count). The van der Waals surface area contributed by atoms with Crippen LogP contribution in [0.3, 0.4) is 0 Å². The van der Waals surface area contributed by atoms with Gasteiger partial charge in [0.25, 0.3) is 0 Å². The first-order valence-corrected chi connectivity index (χ1v) is 7.12. The second-order valence-corrected chi connectivity index (χ2v) is 5.59. The van der Waals surface area contributed by atoms with Crippen molar-refractivity contribution in [3.05, 3.63) is 47.5 Å². The number of aromatic nitrogens is 2. The molecule has 2 aromatic rings. The summed E-state index contributed by atoms with van der Waals surface area (Å²) in [5.74, 6) is 0. The summed E-state index contributed by atoms with van der Waals surface area (Å²) in [5, 5.41) is 7.02. The van der Waals surface area contributed by atoms with E-state index in [4.69, 9.17) is 12.2 Å². The highest BCUT2D eigenvalue weighted by molar-refractivity contribution is 9.10. The molecule has 0 amide bonds. The van der Waals surface area contributed by atoms with E-state index in [0.717, 1.165) is 16.7 Å². The standard InChI is InChI=1S/C13H15BrN4S/c1-10(8-18-7-6-15-9-18)16-13(19)17-12-4-2-11(14)3-5-12/h2-7,9-10H,8H2,1H3,(H2,16,17,19). The van der Waals surface area contributed by atoms with Crippen molar-refractivity contribution >= 4 is 38.9 Å². The highest BCUT2D eigenvalue weighted by Gasteiger charge is 2.05. The monoisotopic (exact) mass is 338 g/mol. The molecule has 0 bridgehead atoms. The molecule has 0 aliphatic carbocycles. The molecule has 0 saturated heterocycles. The summed E-state index contributed by atoms with van der Waals surface area (Å²) in [6, 6.07) is 8.11. The Morgan fingerprint density at radius 1 is 1.42 bits per heavy atom. The molecule has 1 aromatic heterocycles. The van der Waals surface area contributed by atoms with E-state index in [2.05, 4.69) is 38.5 Å². The van der Waals surface area contributed by atoms with Gasteiger partial charge in [0, 0.05) is 35.1 Å². The average Bonchev–Trinajstić information content (AvgIpc) is 2.84. The zero-order chi connectivity index (χ0) is 13.7. The van der Waals surface area contributed by atoms with Crippen LogP contribution in [0.25, 0.3) is 0 Å². The molecule has 2 N–H and O–H groups in total. The van der Waals surface area contributed by atoms with Crippen LogP contribution in [0.15, 0.2) is 47.5 Å². The first-order valence-electron chi connectivity index (χ1n) is 5.92. The van der Waals surface area contributed by atoms with Crippen molar-refractivity contribution < 1.29 is 0 Å². The van der Waals surface area contributed by atoms with Gasteiger partial charge >= 0.3 is 0 Å². The van der Waals surface area contributed by atoms with E-state index < -0.39 is 0 Å². The minimum Gasteiger partial charge on any atom is -0.358 e. The van der Waals surface area contributed by atoms with Crippen LogP contribution < -0.4 is 10.6 Å². The van der Waals surface area contributed by atoms with Crippen LogP contribution in [0.5, 0.6) is 0 Å².